The molecule has 0 bridgehead atoms. The quantitative estimate of drug-likeness (QED) is 0.170. The van der Waals surface area contributed by atoms with E-state index >= 15 is 0 Å². The Bertz CT molecular complexity index is 2120. The van der Waals surface area contributed by atoms with Gasteiger partial charge in [-0.3, -0.25) is 6.08 Å². The SMILES string of the molecule is CC1=CC(C)[C-]=C1.CC1=CCC(C)(C)c2cc3[cH-]c4cc5c(cc4c3cc21)C(C)=CCC5(C)C.Fc1cccc([C](=[Zr+2])c2cccc(F)c2)c1.[Cl-].[Cl-]. The zero-order valence-corrected chi connectivity index (χ0v) is 35.3. The van der Waals surface area contributed by atoms with E-state index in [1.165, 1.54) is 84.8 Å². The van der Waals surface area contributed by atoms with Crippen molar-refractivity contribution in [3.05, 3.63) is 160 Å². The van der Waals surface area contributed by atoms with Gasteiger partial charge in [0.05, 0.1) is 0 Å². The van der Waals surface area contributed by atoms with Crippen LogP contribution in [0, 0.1) is 23.6 Å². The minimum absolute atomic E-state index is 0. The van der Waals surface area contributed by atoms with Crippen LogP contribution in [0.1, 0.15) is 102 Å². The van der Waals surface area contributed by atoms with Gasteiger partial charge in [-0.25, -0.2) is 11.6 Å². The van der Waals surface area contributed by atoms with E-state index in [9.17, 15) is 8.78 Å². The average Bonchev–Trinajstić information content (AvgIpc) is 3.64. The maximum Gasteiger partial charge on any atom is -1.00 e. The Morgan fingerprint density at radius 1 is 0.712 bits per heavy atom. The second kappa shape index (κ2) is 16.5. The van der Waals surface area contributed by atoms with Crippen molar-refractivity contribution in [2.24, 2.45) is 5.92 Å². The van der Waals surface area contributed by atoms with Gasteiger partial charge >= 0.3 is 108 Å². The summed E-state index contributed by atoms with van der Waals surface area (Å²) in [6.45, 7) is 18.3. The Balaban J connectivity index is 0.000000205. The molecule has 1 atom stereocenters. The van der Waals surface area contributed by atoms with E-state index in [1.807, 2.05) is 18.2 Å². The molecule has 8 rings (SSSR count). The van der Waals surface area contributed by atoms with E-state index in [0.29, 0.717) is 5.92 Å². The molecule has 0 heterocycles. The van der Waals surface area contributed by atoms with E-state index in [4.69, 9.17) is 0 Å². The molecule has 5 aromatic carbocycles. The first-order chi connectivity index (χ1) is 23.6. The largest absolute Gasteiger partial charge is 1.00 e. The van der Waals surface area contributed by atoms with Crippen LogP contribution in [0.5, 0.6) is 0 Å². The van der Waals surface area contributed by atoms with E-state index in [0.717, 1.165) is 51.4 Å². The number of hydrogen-bond donors (Lipinski definition) is 0. The van der Waals surface area contributed by atoms with Crippen LogP contribution >= 0.6 is 0 Å². The molecule has 0 N–H and O–H groups in total. The van der Waals surface area contributed by atoms with E-state index in [2.05, 4.69) is 110 Å². The minimum atomic E-state index is -0.270. The van der Waals surface area contributed by atoms with Gasteiger partial charge in [0.25, 0.3) is 0 Å². The normalized spacial score (nSPS) is 17.5. The molecule has 5 aromatic rings. The molecule has 3 aliphatic carbocycles. The molecule has 52 heavy (non-hydrogen) atoms. The topological polar surface area (TPSA) is 0 Å². The molecule has 0 radical (unpaired) electrons. The third kappa shape index (κ3) is 8.81. The summed E-state index contributed by atoms with van der Waals surface area (Å²) in [7, 11) is 0. The molecule has 3 aliphatic rings. The number of allylic oxidation sites excluding steroid dienone is 8. The van der Waals surface area contributed by atoms with Crippen LogP contribution in [0.15, 0.2) is 109 Å². The van der Waals surface area contributed by atoms with Crippen LogP contribution < -0.4 is 24.8 Å². The zero-order chi connectivity index (χ0) is 36.0. The van der Waals surface area contributed by atoms with Crippen molar-refractivity contribution in [1.29, 1.82) is 0 Å². The van der Waals surface area contributed by atoms with Crippen LogP contribution in [-0.2, 0) is 35.1 Å². The van der Waals surface area contributed by atoms with Crippen LogP contribution in [0.4, 0.5) is 8.78 Å². The summed E-state index contributed by atoms with van der Waals surface area (Å²) in [5.74, 6) is 0.0163. The van der Waals surface area contributed by atoms with E-state index < -0.39 is 0 Å². The van der Waals surface area contributed by atoms with Crippen molar-refractivity contribution >= 4 is 35.9 Å². The standard InChI is InChI=1S/C27H29.C13H8F2.C7H9.2ClH.Zr/c1-16-7-9-26(3,4)24-12-18-11-19-13-25-21(17(2)8-10-27(25,5)6)15-23(19)22(18)14-20(16)24;14-12-5-1-3-10(8-12)7-11-4-2-6-13(15)9-11;1-6-3-4-7(2)5-6;;;/h7-8,11-15H,9-10H2,1-6H3;1-6,8-9H;3,5,7H,1-2H3;2*1H;/q-1;;-1;;;+2/p-2. The van der Waals surface area contributed by atoms with Gasteiger partial charge in [-0.05, 0) is 59.8 Å². The van der Waals surface area contributed by atoms with Crippen molar-refractivity contribution in [1.82, 2.24) is 0 Å². The molecular weight excluding hydrogens is 765 g/mol. The van der Waals surface area contributed by atoms with Gasteiger partial charge in [-0.2, -0.15) is 6.08 Å². The maximum atomic E-state index is 13.0. The van der Waals surface area contributed by atoms with Crippen LogP contribution in [0.3, 0.4) is 0 Å². The number of benzene rings is 4. The fraction of sp³-hybridized carbons (Fsp3) is 0.277. The second-order valence-electron chi connectivity index (χ2n) is 15.5. The van der Waals surface area contributed by atoms with Crippen molar-refractivity contribution in [3.8, 4) is 0 Å². The first-order valence-corrected chi connectivity index (χ1v) is 18.8. The Kier molecular flexibility index (Phi) is 13.2. The summed E-state index contributed by atoms with van der Waals surface area (Å²) in [5.41, 5.74) is 12.1. The van der Waals surface area contributed by atoms with E-state index in [1.54, 1.807) is 12.1 Å². The first kappa shape index (κ1) is 41.7. The Labute approximate surface area is 336 Å². The van der Waals surface area contributed by atoms with Gasteiger partial charge in [0.2, 0.25) is 0 Å². The van der Waals surface area contributed by atoms with Gasteiger partial charge < -0.3 is 24.8 Å². The molecule has 0 aromatic heterocycles. The molecule has 268 valence electrons. The summed E-state index contributed by atoms with van der Waals surface area (Å²) >= 11 is 1.13. The molecule has 0 saturated carbocycles. The molecule has 0 fully saturated rings. The smallest absolute Gasteiger partial charge is 1.00 e. The van der Waals surface area contributed by atoms with Crippen molar-refractivity contribution < 1.29 is 57.8 Å². The van der Waals surface area contributed by atoms with Crippen LogP contribution in [0.2, 0.25) is 0 Å². The summed E-state index contributed by atoms with van der Waals surface area (Å²) in [5, 5.41) is 5.61. The number of halogens is 4. The van der Waals surface area contributed by atoms with Gasteiger partial charge in [-0.1, -0.05) is 75.9 Å². The fourth-order valence-electron chi connectivity index (χ4n) is 7.34. The Morgan fingerprint density at radius 3 is 1.50 bits per heavy atom. The molecule has 5 heteroatoms. The average molecular weight is 811 g/mol. The zero-order valence-electron chi connectivity index (χ0n) is 31.3. The van der Waals surface area contributed by atoms with Gasteiger partial charge in [0.1, 0.15) is 0 Å². The monoisotopic (exact) mass is 808 g/mol. The minimum Gasteiger partial charge on any atom is -1.00 e. The third-order valence-corrected chi connectivity index (χ3v) is 11.9. The first-order valence-electron chi connectivity index (χ1n) is 17.6. The molecular formula is C47H46Cl2F2Zr-2. The molecule has 0 amide bonds. The predicted molar refractivity (Wildman–Crippen MR) is 206 cm³/mol. The summed E-state index contributed by atoms with van der Waals surface area (Å²) in [4.78, 5) is 0. The molecule has 0 nitrogen and oxygen atoms in total. The number of fused-ring (bicyclic) bond motifs is 5. The summed E-state index contributed by atoms with van der Waals surface area (Å²) < 4.78 is 27.0. The van der Waals surface area contributed by atoms with Crippen molar-refractivity contribution in [2.45, 2.75) is 79.1 Å². The molecule has 0 saturated heterocycles. The Morgan fingerprint density at radius 2 is 1.15 bits per heavy atom. The fourth-order valence-corrected chi connectivity index (χ4v) is 8.11. The maximum absolute atomic E-state index is 13.0. The number of rotatable bonds is 2. The molecule has 1 unspecified atom stereocenters. The predicted octanol–water partition coefficient (Wildman–Crippen LogP) is 6.91. The third-order valence-electron chi connectivity index (χ3n) is 10.4. The Hall–Kier alpha value is -3.10. The molecule has 0 aliphatic heterocycles. The van der Waals surface area contributed by atoms with Gasteiger partial charge in [-0.15, -0.1) is 46.7 Å². The van der Waals surface area contributed by atoms with Crippen molar-refractivity contribution in [2.75, 3.05) is 0 Å². The van der Waals surface area contributed by atoms with Gasteiger partial charge in [0, 0.05) is 0 Å². The summed E-state index contributed by atoms with van der Waals surface area (Å²) in [6.07, 6.45) is 14.5. The number of hydrogen-bond acceptors (Lipinski definition) is 0. The van der Waals surface area contributed by atoms with Crippen molar-refractivity contribution in [3.63, 3.8) is 0 Å². The molecule has 0 spiro atoms. The summed E-state index contributed by atoms with van der Waals surface area (Å²) in [6, 6.07) is 25.0. The van der Waals surface area contributed by atoms with E-state index in [-0.39, 0.29) is 47.3 Å². The van der Waals surface area contributed by atoms with Crippen LogP contribution in [0.25, 0.3) is 32.7 Å². The second-order valence-corrected chi connectivity index (χ2v) is 16.7. The van der Waals surface area contributed by atoms with Crippen LogP contribution in [-0.4, -0.2) is 3.21 Å². The van der Waals surface area contributed by atoms with Gasteiger partial charge in [0.15, 0.2) is 0 Å².